The number of hydrogen-bond donors (Lipinski definition) is 1. The number of nitrogens with two attached hydrogens (primary N) is 1. The molecule has 1 heterocycles. The Labute approximate surface area is 108 Å². The van der Waals surface area contributed by atoms with Crippen molar-refractivity contribution in [3.8, 4) is 11.3 Å². The van der Waals surface area contributed by atoms with Crippen LogP contribution in [-0.4, -0.2) is 9.97 Å². The fraction of sp³-hybridized carbons (Fsp3) is 0.231. The minimum absolute atomic E-state index is 0.0287. The second kappa shape index (κ2) is 4.87. The molecule has 0 saturated heterocycles. The first-order chi connectivity index (χ1) is 8.95. The lowest BCUT2D eigenvalue weighted by Crippen LogP contribution is -2.09. The van der Waals surface area contributed by atoms with E-state index in [2.05, 4.69) is 9.97 Å². The Morgan fingerprint density at radius 2 is 1.84 bits per heavy atom. The van der Waals surface area contributed by atoms with Crippen LogP contribution >= 0.6 is 0 Å². The quantitative estimate of drug-likeness (QED) is 0.908. The zero-order chi connectivity index (χ0) is 14.0. The van der Waals surface area contributed by atoms with Crippen molar-refractivity contribution in [1.29, 1.82) is 0 Å². The van der Waals surface area contributed by atoms with E-state index >= 15 is 0 Å². The number of hydrogen-bond acceptors (Lipinski definition) is 3. The summed E-state index contributed by atoms with van der Waals surface area (Å²) < 4.78 is 39.0. The van der Waals surface area contributed by atoms with Gasteiger partial charge in [0, 0.05) is 11.1 Å². The van der Waals surface area contributed by atoms with Gasteiger partial charge in [-0.1, -0.05) is 25.1 Å². The third kappa shape index (κ3) is 2.52. The van der Waals surface area contributed by atoms with Gasteiger partial charge in [0.15, 0.2) is 0 Å². The van der Waals surface area contributed by atoms with E-state index in [-0.39, 0.29) is 17.1 Å². The van der Waals surface area contributed by atoms with E-state index in [1.807, 2.05) is 0 Å². The molecular weight excluding hydrogens is 255 g/mol. The van der Waals surface area contributed by atoms with Gasteiger partial charge in [0.1, 0.15) is 12.1 Å². The lowest BCUT2D eigenvalue weighted by molar-refractivity contribution is -0.137. The first-order valence-electron chi connectivity index (χ1n) is 5.71. The molecule has 0 aliphatic rings. The molecule has 1 aromatic carbocycles. The smallest absolute Gasteiger partial charge is 0.383 e. The predicted octanol–water partition coefficient (Wildman–Crippen LogP) is 3.31. The highest BCUT2D eigenvalue weighted by Gasteiger charge is 2.34. The lowest BCUT2D eigenvalue weighted by atomic mass is 9.99. The number of nitrogen functional groups attached to an aromatic ring is 1. The van der Waals surface area contributed by atoms with Crippen LogP contribution in [0.3, 0.4) is 0 Å². The molecule has 2 aromatic rings. The van der Waals surface area contributed by atoms with Crippen LogP contribution < -0.4 is 5.73 Å². The third-order valence-corrected chi connectivity index (χ3v) is 2.82. The summed E-state index contributed by atoms with van der Waals surface area (Å²) >= 11 is 0. The molecule has 0 amide bonds. The molecule has 2 N–H and O–H groups in total. The molecule has 1 aromatic heterocycles. The minimum atomic E-state index is -4.43. The first-order valence-corrected chi connectivity index (χ1v) is 5.71. The molecule has 0 spiro atoms. The van der Waals surface area contributed by atoms with Gasteiger partial charge in [0.05, 0.1) is 11.3 Å². The van der Waals surface area contributed by atoms with Crippen molar-refractivity contribution in [1.82, 2.24) is 9.97 Å². The second-order valence-electron chi connectivity index (χ2n) is 3.98. The number of nitrogens with zero attached hydrogens (tertiary/aromatic N) is 2. The molecule has 6 heteroatoms. The van der Waals surface area contributed by atoms with Crippen LogP contribution in [0.1, 0.15) is 18.1 Å². The highest BCUT2D eigenvalue weighted by molar-refractivity contribution is 5.70. The molecule has 19 heavy (non-hydrogen) atoms. The van der Waals surface area contributed by atoms with Gasteiger partial charge in [-0.2, -0.15) is 13.2 Å². The van der Waals surface area contributed by atoms with Crippen LogP contribution in [0.25, 0.3) is 11.3 Å². The van der Waals surface area contributed by atoms with Gasteiger partial charge in [-0.15, -0.1) is 0 Å². The summed E-state index contributed by atoms with van der Waals surface area (Å²) in [6.45, 7) is 1.80. The summed E-state index contributed by atoms with van der Waals surface area (Å²) in [7, 11) is 0. The first kappa shape index (κ1) is 13.3. The van der Waals surface area contributed by atoms with Gasteiger partial charge in [-0.05, 0) is 12.5 Å². The molecule has 0 saturated carbocycles. The highest BCUT2D eigenvalue weighted by Crippen LogP contribution is 2.37. The Morgan fingerprint density at radius 3 is 2.47 bits per heavy atom. The van der Waals surface area contributed by atoms with E-state index < -0.39 is 11.7 Å². The maximum Gasteiger partial charge on any atom is 0.417 e. The molecule has 2 rings (SSSR count). The van der Waals surface area contributed by atoms with Crippen molar-refractivity contribution < 1.29 is 13.2 Å². The number of anilines is 1. The second-order valence-corrected chi connectivity index (χ2v) is 3.98. The van der Waals surface area contributed by atoms with E-state index in [0.29, 0.717) is 12.0 Å². The molecule has 0 unspecified atom stereocenters. The summed E-state index contributed by atoms with van der Waals surface area (Å²) in [5.41, 5.74) is 5.77. The van der Waals surface area contributed by atoms with Gasteiger partial charge < -0.3 is 5.73 Å². The Balaban J connectivity index is 2.70. The van der Waals surface area contributed by atoms with E-state index in [0.717, 1.165) is 6.07 Å². The number of alkyl halides is 3. The fourth-order valence-corrected chi connectivity index (χ4v) is 1.94. The van der Waals surface area contributed by atoms with Crippen molar-refractivity contribution in [2.45, 2.75) is 19.5 Å². The molecule has 100 valence electrons. The summed E-state index contributed by atoms with van der Waals surface area (Å²) in [5.74, 6) is 0.212. The maximum absolute atomic E-state index is 13.0. The minimum Gasteiger partial charge on any atom is -0.383 e. The largest absolute Gasteiger partial charge is 0.417 e. The van der Waals surface area contributed by atoms with Crippen LogP contribution in [0.2, 0.25) is 0 Å². The van der Waals surface area contributed by atoms with E-state index in [4.69, 9.17) is 5.73 Å². The molecule has 0 aliphatic carbocycles. The molecule has 0 atom stereocenters. The average Bonchev–Trinajstić information content (AvgIpc) is 2.37. The molecule has 0 bridgehead atoms. The zero-order valence-electron chi connectivity index (χ0n) is 10.2. The van der Waals surface area contributed by atoms with Gasteiger partial charge in [-0.25, -0.2) is 9.97 Å². The molecular formula is C13H12F3N3. The highest BCUT2D eigenvalue weighted by atomic mass is 19.4. The Kier molecular flexibility index (Phi) is 3.42. The monoisotopic (exact) mass is 267 g/mol. The van der Waals surface area contributed by atoms with Crippen molar-refractivity contribution in [3.63, 3.8) is 0 Å². The van der Waals surface area contributed by atoms with Crippen LogP contribution in [0.4, 0.5) is 19.0 Å². The van der Waals surface area contributed by atoms with Crippen LogP contribution in [0.5, 0.6) is 0 Å². The van der Waals surface area contributed by atoms with Gasteiger partial charge in [0.2, 0.25) is 0 Å². The molecule has 0 radical (unpaired) electrons. The summed E-state index contributed by atoms with van der Waals surface area (Å²) in [5, 5.41) is 0. The van der Waals surface area contributed by atoms with Crippen LogP contribution in [0, 0.1) is 0 Å². The number of rotatable bonds is 2. The summed E-state index contributed by atoms with van der Waals surface area (Å²) in [4.78, 5) is 7.78. The topological polar surface area (TPSA) is 51.8 Å². The zero-order valence-corrected chi connectivity index (χ0v) is 10.2. The molecule has 3 nitrogen and oxygen atoms in total. The van der Waals surface area contributed by atoms with Gasteiger partial charge in [0.25, 0.3) is 0 Å². The molecule has 0 aliphatic heterocycles. The maximum atomic E-state index is 13.0. The third-order valence-electron chi connectivity index (χ3n) is 2.82. The normalized spacial score (nSPS) is 11.6. The summed E-state index contributed by atoms with van der Waals surface area (Å²) in [6, 6.07) is 5.32. The number of halogens is 3. The van der Waals surface area contributed by atoms with E-state index in [1.54, 1.807) is 13.0 Å². The fourth-order valence-electron chi connectivity index (χ4n) is 1.94. The number of aromatic nitrogens is 2. The predicted molar refractivity (Wildman–Crippen MR) is 66.3 cm³/mol. The van der Waals surface area contributed by atoms with E-state index in [1.165, 1.54) is 18.5 Å². The van der Waals surface area contributed by atoms with Gasteiger partial charge in [-0.3, -0.25) is 0 Å². The van der Waals surface area contributed by atoms with Crippen molar-refractivity contribution in [2.24, 2.45) is 0 Å². The Bertz CT molecular complexity index is 594. The van der Waals surface area contributed by atoms with Crippen LogP contribution in [-0.2, 0) is 12.6 Å². The van der Waals surface area contributed by atoms with Crippen molar-refractivity contribution >= 4 is 5.82 Å². The average molecular weight is 267 g/mol. The Morgan fingerprint density at radius 1 is 1.16 bits per heavy atom. The SMILES string of the molecule is CCc1c(N)ncnc1-c1ccccc1C(F)(F)F. The Hall–Kier alpha value is -2.11. The van der Waals surface area contributed by atoms with Crippen LogP contribution in [0.15, 0.2) is 30.6 Å². The molecule has 0 fully saturated rings. The van der Waals surface area contributed by atoms with Gasteiger partial charge >= 0.3 is 6.18 Å². The summed E-state index contributed by atoms with van der Waals surface area (Å²) in [6.07, 6.45) is -2.79. The van der Waals surface area contributed by atoms with Crippen molar-refractivity contribution in [2.75, 3.05) is 5.73 Å². The standard InChI is InChI=1S/C13H12F3N3/c1-2-8-11(18-7-19-12(8)17)9-5-3-4-6-10(9)13(14,15)16/h3-7H,2H2,1H3,(H2,17,18,19). The number of benzene rings is 1. The van der Waals surface area contributed by atoms with Crippen molar-refractivity contribution in [3.05, 3.63) is 41.7 Å². The lowest BCUT2D eigenvalue weighted by Gasteiger charge is -2.14. The van der Waals surface area contributed by atoms with E-state index in [9.17, 15) is 13.2 Å².